The summed E-state index contributed by atoms with van der Waals surface area (Å²) in [5.74, 6) is 0.890. The molecular weight excluding hydrogens is 382 g/mol. The molecule has 3 rings (SSSR count). The number of nitriles is 1. The number of hydrogen-bond acceptors (Lipinski definition) is 10. The molecule has 0 bridgehead atoms. The van der Waals surface area contributed by atoms with E-state index in [2.05, 4.69) is 16.0 Å². The minimum absolute atomic E-state index is 0.0537. The summed E-state index contributed by atoms with van der Waals surface area (Å²) in [6.45, 7) is 0. The Morgan fingerprint density at radius 3 is 2.39 bits per heavy atom. The zero-order chi connectivity index (χ0) is 20.4. The van der Waals surface area contributed by atoms with E-state index in [0.717, 1.165) is 0 Å². The van der Waals surface area contributed by atoms with E-state index >= 15 is 0 Å². The van der Waals surface area contributed by atoms with E-state index in [1.165, 1.54) is 33.1 Å². The molecule has 2 heterocycles. The van der Waals surface area contributed by atoms with E-state index < -0.39 is 5.92 Å². The number of nitrogens with zero attached hydrogens (tertiary/aromatic N) is 3. The predicted molar refractivity (Wildman–Crippen MR) is 104 cm³/mol. The Morgan fingerprint density at radius 1 is 1.11 bits per heavy atom. The van der Waals surface area contributed by atoms with Crippen LogP contribution in [0.5, 0.6) is 23.1 Å². The van der Waals surface area contributed by atoms with Gasteiger partial charge in [0.2, 0.25) is 17.5 Å². The Morgan fingerprint density at radius 2 is 1.82 bits per heavy atom. The molecule has 146 valence electrons. The number of anilines is 1. The fourth-order valence-electron chi connectivity index (χ4n) is 3.11. The molecule has 0 spiro atoms. The van der Waals surface area contributed by atoms with Crippen LogP contribution in [0.15, 0.2) is 28.7 Å². The molecule has 28 heavy (non-hydrogen) atoms. The predicted octanol–water partition coefficient (Wildman–Crippen LogP) is 2.02. The average Bonchev–Trinajstić information content (AvgIpc) is 2.71. The number of rotatable bonds is 5. The topological polar surface area (TPSA) is 139 Å². The summed E-state index contributed by atoms with van der Waals surface area (Å²) in [6, 6.07) is 5.57. The normalized spacial score (nSPS) is 15.3. The highest BCUT2D eigenvalue weighted by Crippen LogP contribution is 2.50. The molecule has 0 radical (unpaired) electrons. The number of allylic oxidation sites excluding steroid dienone is 1. The molecule has 0 saturated carbocycles. The van der Waals surface area contributed by atoms with Gasteiger partial charge in [-0.1, -0.05) is 17.8 Å². The fraction of sp³-hybridized carbons (Fsp3) is 0.278. The maximum atomic E-state index is 9.75. The first-order valence-corrected chi connectivity index (χ1v) is 9.30. The van der Waals surface area contributed by atoms with Crippen LogP contribution in [0.2, 0.25) is 0 Å². The molecule has 4 N–H and O–H groups in total. The second-order valence-electron chi connectivity index (χ2n) is 5.66. The summed E-state index contributed by atoms with van der Waals surface area (Å²) in [4.78, 5) is 8.63. The molecule has 9 nitrogen and oxygen atoms in total. The van der Waals surface area contributed by atoms with E-state index in [1.807, 2.05) is 6.26 Å². The van der Waals surface area contributed by atoms with E-state index in [4.69, 9.17) is 30.4 Å². The lowest BCUT2D eigenvalue weighted by Gasteiger charge is -2.28. The summed E-state index contributed by atoms with van der Waals surface area (Å²) >= 11 is 1.31. The second kappa shape index (κ2) is 7.74. The van der Waals surface area contributed by atoms with Crippen molar-refractivity contribution in [1.82, 2.24) is 9.97 Å². The lowest BCUT2D eigenvalue weighted by Crippen LogP contribution is -2.24. The van der Waals surface area contributed by atoms with Gasteiger partial charge in [-0.2, -0.15) is 10.2 Å². The van der Waals surface area contributed by atoms with Crippen molar-refractivity contribution in [2.75, 3.05) is 33.3 Å². The number of fused-ring (bicyclic) bond motifs is 1. The third kappa shape index (κ3) is 2.99. The maximum absolute atomic E-state index is 9.75. The van der Waals surface area contributed by atoms with Gasteiger partial charge in [0, 0.05) is 5.56 Å². The summed E-state index contributed by atoms with van der Waals surface area (Å²) in [5, 5.41) is 10.2. The fourth-order valence-corrected chi connectivity index (χ4v) is 3.48. The number of benzene rings is 1. The molecule has 2 aromatic rings. The highest BCUT2D eigenvalue weighted by atomic mass is 32.2. The third-order valence-electron chi connectivity index (χ3n) is 4.32. The second-order valence-corrected chi connectivity index (χ2v) is 6.44. The monoisotopic (exact) mass is 401 g/mol. The lowest BCUT2D eigenvalue weighted by atomic mass is 9.84. The molecular formula is C18H19N5O4S. The van der Waals surface area contributed by atoms with Gasteiger partial charge in [0.15, 0.2) is 16.7 Å². The number of aromatic nitrogens is 2. The Balaban J connectivity index is 2.34. The molecule has 0 amide bonds. The van der Waals surface area contributed by atoms with Crippen LogP contribution in [0.4, 0.5) is 5.82 Å². The van der Waals surface area contributed by atoms with Crippen molar-refractivity contribution in [3.05, 3.63) is 34.7 Å². The van der Waals surface area contributed by atoms with Crippen molar-refractivity contribution < 1.29 is 18.9 Å². The van der Waals surface area contributed by atoms with Crippen LogP contribution in [0.3, 0.4) is 0 Å². The van der Waals surface area contributed by atoms with Crippen molar-refractivity contribution in [2.24, 2.45) is 5.73 Å². The van der Waals surface area contributed by atoms with Gasteiger partial charge in [0.25, 0.3) is 0 Å². The van der Waals surface area contributed by atoms with Crippen molar-refractivity contribution in [2.45, 2.75) is 11.1 Å². The molecule has 0 aliphatic carbocycles. The zero-order valence-electron chi connectivity index (χ0n) is 15.8. The number of hydrogen-bond donors (Lipinski definition) is 2. The van der Waals surface area contributed by atoms with Crippen LogP contribution in [-0.4, -0.2) is 37.6 Å². The van der Waals surface area contributed by atoms with Crippen LogP contribution < -0.4 is 30.4 Å². The number of ether oxygens (including phenoxy) is 4. The van der Waals surface area contributed by atoms with Gasteiger partial charge in [-0.3, -0.25) is 0 Å². The van der Waals surface area contributed by atoms with Crippen LogP contribution in [0.1, 0.15) is 17.0 Å². The molecule has 1 aliphatic rings. The van der Waals surface area contributed by atoms with E-state index in [9.17, 15) is 5.26 Å². The molecule has 0 fully saturated rings. The first-order chi connectivity index (χ1) is 13.5. The van der Waals surface area contributed by atoms with Gasteiger partial charge in [-0.15, -0.1) is 0 Å². The van der Waals surface area contributed by atoms with E-state index in [1.54, 1.807) is 12.1 Å². The lowest BCUT2D eigenvalue weighted by molar-refractivity contribution is 0.320. The standard InChI is InChI=1S/C18H19N5O4S/c1-24-10-6-5-8(13(25-2)14(10)26-3)11-9(7-19)16(21)27-17-12(11)15(20)22-18(23-17)28-4/h5-6,11H,21H2,1-4H3,(H2,20,22,23)/t11-/m1/s1. The Bertz CT molecular complexity index is 1000. The Kier molecular flexibility index (Phi) is 5.37. The van der Waals surface area contributed by atoms with Crippen LogP contribution in [-0.2, 0) is 0 Å². The van der Waals surface area contributed by atoms with Gasteiger partial charge in [-0.05, 0) is 12.3 Å². The average molecular weight is 401 g/mol. The largest absolute Gasteiger partial charge is 0.493 e. The number of nitrogen functional groups attached to an aromatic ring is 1. The smallest absolute Gasteiger partial charge is 0.231 e. The first-order valence-electron chi connectivity index (χ1n) is 8.08. The molecule has 1 aromatic heterocycles. The Labute approximate surface area is 166 Å². The summed E-state index contributed by atoms with van der Waals surface area (Å²) in [7, 11) is 4.52. The van der Waals surface area contributed by atoms with Gasteiger partial charge in [-0.25, -0.2) is 4.98 Å². The Hall–Kier alpha value is -3.32. The van der Waals surface area contributed by atoms with Gasteiger partial charge in [0.1, 0.15) is 17.5 Å². The third-order valence-corrected chi connectivity index (χ3v) is 4.87. The first kappa shape index (κ1) is 19.4. The minimum Gasteiger partial charge on any atom is -0.493 e. The summed E-state index contributed by atoms with van der Waals surface area (Å²) < 4.78 is 22.0. The van der Waals surface area contributed by atoms with Crippen molar-refractivity contribution in [1.29, 1.82) is 5.26 Å². The molecule has 0 saturated heterocycles. The number of nitrogens with two attached hydrogens (primary N) is 2. The van der Waals surface area contributed by atoms with Crippen molar-refractivity contribution in [3.63, 3.8) is 0 Å². The molecule has 1 atom stereocenters. The van der Waals surface area contributed by atoms with E-state index in [-0.39, 0.29) is 23.2 Å². The molecule has 1 aromatic carbocycles. The van der Waals surface area contributed by atoms with Gasteiger partial charge in [0.05, 0.1) is 32.8 Å². The van der Waals surface area contributed by atoms with E-state index in [0.29, 0.717) is 33.5 Å². The molecule has 1 aliphatic heterocycles. The zero-order valence-corrected chi connectivity index (χ0v) is 16.6. The number of methoxy groups -OCH3 is 3. The SMILES string of the molecule is COc1ccc([C@@H]2C(C#N)=C(N)Oc3nc(SC)nc(N)c32)c(OC)c1OC. The molecule has 10 heteroatoms. The van der Waals surface area contributed by atoms with Gasteiger partial charge < -0.3 is 30.4 Å². The molecule has 0 unspecified atom stereocenters. The van der Waals surface area contributed by atoms with Crippen LogP contribution >= 0.6 is 11.8 Å². The summed E-state index contributed by atoms with van der Waals surface area (Å²) in [6.07, 6.45) is 1.82. The summed E-state index contributed by atoms with van der Waals surface area (Å²) in [5.41, 5.74) is 13.4. The highest BCUT2D eigenvalue weighted by molar-refractivity contribution is 7.98. The highest BCUT2D eigenvalue weighted by Gasteiger charge is 2.37. The maximum Gasteiger partial charge on any atom is 0.231 e. The van der Waals surface area contributed by atoms with Crippen molar-refractivity contribution in [3.8, 4) is 29.2 Å². The van der Waals surface area contributed by atoms with Crippen LogP contribution in [0.25, 0.3) is 0 Å². The quantitative estimate of drug-likeness (QED) is 0.565. The minimum atomic E-state index is -0.695. The van der Waals surface area contributed by atoms with Crippen LogP contribution in [0, 0.1) is 11.3 Å². The number of thioether (sulfide) groups is 1. The van der Waals surface area contributed by atoms with Crippen molar-refractivity contribution >= 4 is 17.6 Å². The van der Waals surface area contributed by atoms with Gasteiger partial charge >= 0.3 is 0 Å².